The first kappa shape index (κ1) is 28.3. The highest BCUT2D eigenvalue weighted by Gasteiger charge is 2.26. The predicted octanol–water partition coefficient (Wildman–Crippen LogP) is 3.46. The molecule has 1 aromatic carbocycles. The number of nitrogens with one attached hydrogen (secondary N) is 2. The van der Waals surface area contributed by atoms with Crippen LogP contribution < -0.4 is 15.5 Å². The molecule has 2 aromatic rings. The van der Waals surface area contributed by atoms with E-state index in [-0.39, 0.29) is 16.7 Å². The summed E-state index contributed by atoms with van der Waals surface area (Å²) in [6, 6.07) is 7.99. The van der Waals surface area contributed by atoms with Crippen molar-refractivity contribution in [1.82, 2.24) is 15.2 Å². The molecule has 2 fully saturated rings. The fraction of sp³-hybridized carbons (Fsp3) is 0.519. The van der Waals surface area contributed by atoms with Gasteiger partial charge >= 0.3 is 0 Å². The van der Waals surface area contributed by atoms with Crippen LogP contribution in [0.1, 0.15) is 42.5 Å². The topological polar surface area (TPSA) is 112 Å². The molecule has 1 aromatic heterocycles. The maximum absolute atomic E-state index is 12.9. The molecule has 0 saturated carbocycles. The number of sulfone groups is 1. The third-order valence-corrected chi connectivity index (χ3v) is 8.73. The Bertz CT molecular complexity index is 1260. The third kappa shape index (κ3) is 7.68. The molecule has 2 aliphatic heterocycles. The van der Waals surface area contributed by atoms with Crippen LogP contribution in [0.2, 0.25) is 5.02 Å². The number of hydrogen-bond acceptors (Lipinski definition) is 7. The first-order chi connectivity index (χ1) is 18.1. The van der Waals surface area contributed by atoms with E-state index in [2.05, 4.69) is 27.6 Å². The van der Waals surface area contributed by atoms with Crippen LogP contribution in [0.5, 0.6) is 0 Å². The number of piperidine rings is 2. The molecule has 2 N–H and O–H groups in total. The fourth-order valence-corrected chi connectivity index (χ4v) is 5.78. The molecule has 206 valence electrons. The second kappa shape index (κ2) is 12.4. The van der Waals surface area contributed by atoms with E-state index in [0.717, 1.165) is 51.6 Å². The molecule has 9 nitrogen and oxygen atoms in total. The Morgan fingerprint density at radius 1 is 1.05 bits per heavy atom. The summed E-state index contributed by atoms with van der Waals surface area (Å²) < 4.78 is 24.3. The lowest BCUT2D eigenvalue weighted by Crippen LogP contribution is -2.39. The maximum Gasteiger partial charge on any atom is 0.255 e. The quantitative estimate of drug-likeness (QED) is 0.507. The van der Waals surface area contributed by atoms with Gasteiger partial charge < -0.3 is 20.4 Å². The van der Waals surface area contributed by atoms with E-state index in [4.69, 9.17) is 11.6 Å². The lowest BCUT2D eigenvalue weighted by Gasteiger charge is -2.34. The summed E-state index contributed by atoms with van der Waals surface area (Å²) in [6.45, 7) is 4.22. The number of amides is 2. The van der Waals surface area contributed by atoms with Crippen molar-refractivity contribution in [1.29, 1.82) is 0 Å². The molecule has 4 rings (SSSR count). The monoisotopic (exact) mass is 561 g/mol. The minimum Gasteiger partial charge on any atom is -0.356 e. The maximum atomic E-state index is 12.9. The SMILES string of the molecule is CN1CCC(CNC(=O)CC2CCN(c3ncc(S(C)(=O)=O)cc3NC(=O)c3cccc(Cl)c3)CC2)CC1. The van der Waals surface area contributed by atoms with Gasteiger partial charge in [-0.2, -0.15) is 0 Å². The molecule has 2 aliphatic rings. The van der Waals surface area contributed by atoms with E-state index in [0.29, 0.717) is 47.5 Å². The second-order valence-corrected chi connectivity index (χ2v) is 12.9. The van der Waals surface area contributed by atoms with Gasteiger partial charge in [0.15, 0.2) is 15.7 Å². The first-order valence-corrected chi connectivity index (χ1v) is 15.3. The third-order valence-electron chi connectivity index (χ3n) is 7.42. The van der Waals surface area contributed by atoms with E-state index in [1.165, 1.54) is 12.3 Å². The Labute approximate surface area is 229 Å². The predicted molar refractivity (Wildman–Crippen MR) is 150 cm³/mol. The van der Waals surface area contributed by atoms with Crippen LogP contribution in [-0.2, 0) is 14.6 Å². The summed E-state index contributed by atoms with van der Waals surface area (Å²) in [5, 5.41) is 6.38. The van der Waals surface area contributed by atoms with Gasteiger partial charge in [0.1, 0.15) is 0 Å². The summed E-state index contributed by atoms with van der Waals surface area (Å²) in [7, 11) is -1.39. The molecule has 2 amide bonds. The van der Waals surface area contributed by atoms with E-state index in [9.17, 15) is 18.0 Å². The number of carbonyl (C=O) groups is 2. The number of hydrogen-bond donors (Lipinski definition) is 2. The molecule has 0 unspecified atom stereocenters. The van der Waals surface area contributed by atoms with E-state index < -0.39 is 15.7 Å². The van der Waals surface area contributed by atoms with Gasteiger partial charge in [-0.1, -0.05) is 17.7 Å². The Morgan fingerprint density at radius 2 is 1.74 bits per heavy atom. The van der Waals surface area contributed by atoms with Gasteiger partial charge in [0.25, 0.3) is 5.91 Å². The molecule has 0 spiro atoms. The van der Waals surface area contributed by atoms with Crippen LogP contribution in [-0.4, -0.2) is 76.1 Å². The number of carbonyl (C=O) groups excluding carboxylic acids is 2. The summed E-state index contributed by atoms with van der Waals surface area (Å²) in [6.07, 6.45) is 6.78. The van der Waals surface area contributed by atoms with Gasteiger partial charge in [0, 0.05) is 49.1 Å². The summed E-state index contributed by atoms with van der Waals surface area (Å²) >= 11 is 6.03. The molecule has 11 heteroatoms. The smallest absolute Gasteiger partial charge is 0.255 e. The highest BCUT2D eigenvalue weighted by molar-refractivity contribution is 7.90. The van der Waals surface area contributed by atoms with Crippen LogP contribution >= 0.6 is 11.6 Å². The summed E-state index contributed by atoms with van der Waals surface area (Å²) in [5.74, 6) is 1.03. The standard InChI is InChI=1S/C27H36ClN5O4S/c1-32-10-6-20(7-11-32)17-29-25(34)14-19-8-12-33(13-9-19)26-24(16-23(18-30-26)38(2,36)37)31-27(35)21-4-3-5-22(28)15-21/h3-5,15-16,18-20H,6-14,17H2,1-2H3,(H,29,34)(H,31,35). The number of anilines is 2. The Kier molecular flexibility index (Phi) is 9.27. The zero-order valence-electron chi connectivity index (χ0n) is 22.0. The van der Waals surface area contributed by atoms with E-state index in [1.807, 2.05) is 4.90 Å². The number of halogens is 1. The average Bonchev–Trinajstić information content (AvgIpc) is 2.88. The molecule has 2 saturated heterocycles. The van der Waals surface area contributed by atoms with E-state index >= 15 is 0 Å². The molecular formula is C27H36ClN5O4S. The Hall–Kier alpha value is -2.69. The minimum atomic E-state index is -3.52. The van der Waals surface area contributed by atoms with Crippen LogP contribution in [0.3, 0.4) is 0 Å². The van der Waals surface area contributed by atoms with Gasteiger partial charge in [-0.05, 0) is 81.9 Å². The van der Waals surface area contributed by atoms with Crippen molar-refractivity contribution >= 4 is 44.8 Å². The molecule has 0 bridgehead atoms. The highest BCUT2D eigenvalue weighted by Crippen LogP contribution is 2.31. The summed E-state index contributed by atoms with van der Waals surface area (Å²) in [5.41, 5.74) is 0.686. The largest absolute Gasteiger partial charge is 0.356 e. The number of nitrogens with zero attached hydrogens (tertiary/aromatic N) is 3. The van der Waals surface area contributed by atoms with Gasteiger partial charge in [-0.25, -0.2) is 13.4 Å². The normalized spacial score (nSPS) is 17.8. The van der Waals surface area contributed by atoms with Crippen molar-refractivity contribution in [2.24, 2.45) is 11.8 Å². The van der Waals surface area contributed by atoms with Crippen LogP contribution in [0.25, 0.3) is 0 Å². The average molecular weight is 562 g/mol. The highest BCUT2D eigenvalue weighted by atomic mass is 35.5. The Balaban J connectivity index is 1.37. The number of rotatable bonds is 8. The van der Waals surface area contributed by atoms with Gasteiger partial charge in [-0.15, -0.1) is 0 Å². The minimum absolute atomic E-state index is 0.0267. The molecule has 3 heterocycles. The van der Waals surface area contributed by atoms with Crippen molar-refractivity contribution in [2.45, 2.75) is 37.0 Å². The lowest BCUT2D eigenvalue weighted by atomic mass is 9.92. The molecule has 38 heavy (non-hydrogen) atoms. The molecule has 0 radical (unpaired) electrons. The Morgan fingerprint density at radius 3 is 2.39 bits per heavy atom. The molecular weight excluding hydrogens is 526 g/mol. The number of aromatic nitrogens is 1. The van der Waals surface area contributed by atoms with E-state index in [1.54, 1.807) is 24.3 Å². The number of pyridine rings is 1. The van der Waals surface area contributed by atoms with Crippen LogP contribution in [0.15, 0.2) is 41.4 Å². The molecule has 0 atom stereocenters. The van der Waals surface area contributed by atoms with Crippen LogP contribution in [0, 0.1) is 11.8 Å². The van der Waals surface area contributed by atoms with Crippen LogP contribution in [0.4, 0.5) is 11.5 Å². The first-order valence-electron chi connectivity index (χ1n) is 13.1. The summed E-state index contributed by atoms with van der Waals surface area (Å²) in [4.78, 5) is 34.3. The molecule has 0 aliphatic carbocycles. The van der Waals surface area contributed by atoms with Crippen molar-refractivity contribution in [2.75, 3.05) is 56.2 Å². The van der Waals surface area contributed by atoms with Crippen molar-refractivity contribution in [3.05, 3.63) is 47.1 Å². The zero-order valence-corrected chi connectivity index (χ0v) is 23.5. The van der Waals surface area contributed by atoms with Gasteiger partial charge in [-0.3, -0.25) is 9.59 Å². The van der Waals surface area contributed by atoms with Crippen molar-refractivity contribution < 1.29 is 18.0 Å². The number of likely N-dealkylation sites (tertiary alicyclic amines) is 1. The van der Waals surface area contributed by atoms with Gasteiger partial charge in [0.05, 0.1) is 10.6 Å². The zero-order chi connectivity index (χ0) is 27.3. The lowest BCUT2D eigenvalue weighted by molar-refractivity contribution is -0.122. The van der Waals surface area contributed by atoms with Crippen molar-refractivity contribution in [3.63, 3.8) is 0 Å². The van der Waals surface area contributed by atoms with Gasteiger partial charge in [0.2, 0.25) is 5.91 Å². The number of benzene rings is 1. The second-order valence-electron chi connectivity index (χ2n) is 10.5. The fourth-order valence-electron chi connectivity index (χ4n) is 5.02. The van der Waals surface area contributed by atoms with Crippen molar-refractivity contribution in [3.8, 4) is 0 Å².